The monoisotopic (exact) mass is 269 g/mol. The van der Waals surface area contributed by atoms with Crippen LogP contribution < -0.4 is 5.32 Å². The molecule has 0 radical (unpaired) electrons. The van der Waals surface area contributed by atoms with Gasteiger partial charge in [-0.3, -0.25) is 4.79 Å². The zero-order valence-corrected chi connectivity index (χ0v) is 12.2. The van der Waals surface area contributed by atoms with Gasteiger partial charge in [-0.2, -0.15) is 0 Å². The third-order valence-electron chi connectivity index (χ3n) is 4.21. The normalized spacial score (nSPS) is 24.7. The van der Waals surface area contributed by atoms with Crippen molar-refractivity contribution in [3.05, 3.63) is 0 Å². The summed E-state index contributed by atoms with van der Waals surface area (Å²) in [5.74, 6) is -0.215. The highest BCUT2D eigenvalue weighted by Crippen LogP contribution is 2.32. The molecule has 4 heteroatoms. The van der Waals surface area contributed by atoms with Crippen molar-refractivity contribution in [1.82, 2.24) is 5.32 Å². The molecule has 0 unspecified atom stereocenters. The van der Waals surface area contributed by atoms with E-state index in [0.29, 0.717) is 6.42 Å². The number of hydrogen-bond acceptors (Lipinski definition) is 2. The number of carbonyl (C=O) groups excluding carboxylic acids is 1. The second-order valence-corrected chi connectivity index (χ2v) is 5.67. The molecule has 0 heterocycles. The average molecular weight is 269 g/mol. The molecule has 19 heavy (non-hydrogen) atoms. The Morgan fingerprint density at radius 3 is 2.32 bits per heavy atom. The fourth-order valence-corrected chi connectivity index (χ4v) is 2.83. The van der Waals surface area contributed by atoms with E-state index >= 15 is 0 Å². The molecule has 1 atom stereocenters. The molecule has 1 rings (SSSR count). The smallest absolute Gasteiger partial charge is 0.326 e. The first-order chi connectivity index (χ1) is 9.08. The molecule has 0 aliphatic heterocycles. The van der Waals surface area contributed by atoms with E-state index in [4.69, 9.17) is 5.11 Å². The van der Waals surface area contributed by atoms with Gasteiger partial charge in [-0.1, -0.05) is 33.1 Å². The van der Waals surface area contributed by atoms with Crippen molar-refractivity contribution in [1.29, 1.82) is 0 Å². The Labute approximate surface area is 116 Å². The van der Waals surface area contributed by atoms with Crippen LogP contribution in [0.4, 0.5) is 0 Å². The lowest BCUT2D eigenvalue weighted by atomic mass is 9.79. The van der Waals surface area contributed by atoms with E-state index < -0.39 is 12.0 Å². The quantitative estimate of drug-likeness (QED) is 0.746. The fourth-order valence-electron chi connectivity index (χ4n) is 2.83. The molecule has 1 saturated carbocycles. The highest BCUT2D eigenvalue weighted by molar-refractivity contribution is 5.84. The van der Waals surface area contributed by atoms with Gasteiger partial charge < -0.3 is 10.4 Å². The number of rotatable bonds is 7. The molecule has 110 valence electrons. The zero-order valence-electron chi connectivity index (χ0n) is 12.2. The number of nitrogens with one attached hydrogen (secondary N) is 1. The summed E-state index contributed by atoms with van der Waals surface area (Å²) in [6.07, 6.45) is 8.27. The van der Waals surface area contributed by atoms with Crippen molar-refractivity contribution in [2.24, 2.45) is 11.8 Å². The molecule has 0 aromatic rings. The summed E-state index contributed by atoms with van der Waals surface area (Å²) in [6.45, 7) is 3.98. The summed E-state index contributed by atoms with van der Waals surface area (Å²) in [5.41, 5.74) is 0. The second-order valence-electron chi connectivity index (χ2n) is 5.67. The third-order valence-corrected chi connectivity index (χ3v) is 4.21. The van der Waals surface area contributed by atoms with Crippen LogP contribution in [0.5, 0.6) is 0 Å². The van der Waals surface area contributed by atoms with Crippen LogP contribution in [0.2, 0.25) is 0 Å². The van der Waals surface area contributed by atoms with E-state index in [2.05, 4.69) is 12.2 Å². The van der Waals surface area contributed by atoms with Gasteiger partial charge in [0.15, 0.2) is 0 Å². The van der Waals surface area contributed by atoms with Gasteiger partial charge in [0, 0.05) is 5.92 Å². The first-order valence-electron chi connectivity index (χ1n) is 7.61. The summed E-state index contributed by atoms with van der Waals surface area (Å²) >= 11 is 0. The lowest BCUT2D eigenvalue weighted by Gasteiger charge is -2.28. The number of carboxylic acids is 1. The third kappa shape index (κ3) is 5.21. The summed E-state index contributed by atoms with van der Waals surface area (Å²) in [5, 5.41) is 11.6. The van der Waals surface area contributed by atoms with E-state index in [-0.39, 0.29) is 11.8 Å². The maximum Gasteiger partial charge on any atom is 0.326 e. The minimum absolute atomic E-state index is 0.0197. The Hall–Kier alpha value is -1.06. The Kier molecular flexibility index (Phi) is 6.89. The molecule has 2 N–H and O–H groups in total. The number of aliphatic carboxylic acids is 1. The maximum absolute atomic E-state index is 12.0. The van der Waals surface area contributed by atoms with Crippen molar-refractivity contribution >= 4 is 11.9 Å². The lowest BCUT2D eigenvalue weighted by Crippen LogP contribution is -2.44. The van der Waals surface area contributed by atoms with Gasteiger partial charge in [-0.15, -0.1) is 0 Å². The van der Waals surface area contributed by atoms with Crippen LogP contribution >= 0.6 is 0 Å². The van der Waals surface area contributed by atoms with Crippen LogP contribution in [0.25, 0.3) is 0 Å². The number of unbranched alkanes of at least 4 members (excludes halogenated alkanes) is 1. The van der Waals surface area contributed by atoms with Gasteiger partial charge >= 0.3 is 5.97 Å². The van der Waals surface area contributed by atoms with Crippen molar-refractivity contribution in [3.63, 3.8) is 0 Å². The number of carboxylic acid groups (broad SMARTS) is 1. The van der Waals surface area contributed by atoms with E-state index in [0.717, 1.165) is 31.6 Å². The predicted octanol–water partition coefficient (Wildman–Crippen LogP) is 2.96. The topological polar surface area (TPSA) is 66.4 Å². The van der Waals surface area contributed by atoms with Crippen LogP contribution in [0.1, 0.15) is 65.2 Å². The lowest BCUT2D eigenvalue weighted by molar-refractivity contribution is -0.142. The summed E-state index contributed by atoms with van der Waals surface area (Å²) < 4.78 is 0. The van der Waals surface area contributed by atoms with Crippen molar-refractivity contribution in [2.75, 3.05) is 0 Å². The number of carbonyl (C=O) groups is 2. The predicted molar refractivity (Wildman–Crippen MR) is 74.8 cm³/mol. The van der Waals surface area contributed by atoms with Crippen LogP contribution in [-0.4, -0.2) is 23.0 Å². The highest BCUT2D eigenvalue weighted by atomic mass is 16.4. The van der Waals surface area contributed by atoms with Crippen LogP contribution in [-0.2, 0) is 9.59 Å². The summed E-state index contributed by atoms with van der Waals surface area (Å²) in [6, 6.07) is -0.731. The van der Waals surface area contributed by atoms with Gasteiger partial charge in [-0.25, -0.2) is 4.79 Å². The van der Waals surface area contributed by atoms with E-state index in [1.165, 1.54) is 19.3 Å². The van der Waals surface area contributed by atoms with Gasteiger partial charge in [0.05, 0.1) is 0 Å². The van der Waals surface area contributed by atoms with Crippen molar-refractivity contribution in [2.45, 2.75) is 71.3 Å². The molecule has 0 saturated heterocycles. The van der Waals surface area contributed by atoms with Gasteiger partial charge in [0.1, 0.15) is 6.04 Å². The Morgan fingerprint density at radius 2 is 1.84 bits per heavy atom. The molecule has 0 aromatic heterocycles. The van der Waals surface area contributed by atoms with Crippen molar-refractivity contribution in [3.8, 4) is 0 Å². The minimum Gasteiger partial charge on any atom is -0.480 e. The highest BCUT2D eigenvalue weighted by Gasteiger charge is 2.28. The van der Waals surface area contributed by atoms with E-state index in [9.17, 15) is 9.59 Å². The molecular formula is C15H27NO3. The van der Waals surface area contributed by atoms with Crippen LogP contribution in [0.3, 0.4) is 0 Å². The number of hydrogen-bond donors (Lipinski definition) is 2. The molecule has 4 nitrogen and oxygen atoms in total. The maximum atomic E-state index is 12.0. The SMILES string of the molecule is CCCCC1CCC(C(=O)N[C@H](CC)C(=O)O)CC1. The summed E-state index contributed by atoms with van der Waals surface area (Å²) in [7, 11) is 0. The molecule has 0 aromatic carbocycles. The Balaban J connectivity index is 2.34. The minimum atomic E-state index is -0.938. The summed E-state index contributed by atoms with van der Waals surface area (Å²) in [4.78, 5) is 22.9. The standard InChI is InChI=1S/C15H27NO3/c1-3-5-6-11-7-9-12(10-8-11)14(17)16-13(4-2)15(18)19/h11-13H,3-10H2,1-2H3,(H,16,17)(H,18,19)/t11?,12?,13-/m1/s1. The molecule has 1 aliphatic carbocycles. The van der Waals surface area contributed by atoms with Gasteiger partial charge in [-0.05, 0) is 38.0 Å². The van der Waals surface area contributed by atoms with E-state index in [1.807, 2.05) is 0 Å². The Morgan fingerprint density at radius 1 is 1.21 bits per heavy atom. The number of amides is 1. The molecule has 1 fully saturated rings. The van der Waals surface area contributed by atoms with Crippen LogP contribution in [0, 0.1) is 11.8 Å². The largest absolute Gasteiger partial charge is 0.480 e. The molecule has 0 bridgehead atoms. The first kappa shape index (κ1) is 16.0. The molecule has 0 spiro atoms. The first-order valence-corrected chi connectivity index (χ1v) is 7.61. The van der Waals surface area contributed by atoms with Gasteiger partial charge in [0.25, 0.3) is 0 Å². The van der Waals surface area contributed by atoms with Crippen molar-refractivity contribution < 1.29 is 14.7 Å². The zero-order chi connectivity index (χ0) is 14.3. The van der Waals surface area contributed by atoms with Crippen LogP contribution in [0.15, 0.2) is 0 Å². The molecule has 1 amide bonds. The molecule has 1 aliphatic rings. The molecular weight excluding hydrogens is 242 g/mol. The Bertz CT molecular complexity index is 296. The van der Waals surface area contributed by atoms with Gasteiger partial charge in [0.2, 0.25) is 5.91 Å². The average Bonchev–Trinajstić information content (AvgIpc) is 2.42. The second kappa shape index (κ2) is 8.18. The fraction of sp³-hybridized carbons (Fsp3) is 0.867. The van der Waals surface area contributed by atoms with E-state index in [1.54, 1.807) is 6.92 Å².